The maximum absolute atomic E-state index is 2.46. The fraction of sp³-hybridized carbons (Fsp3) is 0.120. The van der Waals surface area contributed by atoms with Crippen LogP contribution in [0.5, 0.6) is 0 Å². The molecule has 4 aromatic rings. The molecule has 1 heteroatoms. The minimum atomic E-state index is 0.389. The first-order valence-corrected chi connectivity index (χ1v) is 9.21. The van der Waals surface area contributed by atoms with Gasteiger partial charge in [0.25, 0.3) is 0 Å². The summed E-state index contributed by atoms with van der Waals surface area (Å²) in [6.07, 6.45) is 0. The van der Waals surface area contributed by atoms with E-state index in [0.717, 1.165) is 0 Å². The number of benzene rings is 3. The van der Waals surface area contributed by atoms with Gasteiger partial charge in [0.1, 0.15) is 0 Å². The predicted octanol–water partition coefficient (Wildman–Crippen LogP) is 6.58. The smallest absolute Gasteiger partial charge is 0.0538 e. The Morgan fingerprint density at radius 3 is 2.19 bits per heavy atom. The Bertz CT molecular complexity index is 1080. The highest BCUT2D eigenvalue weighted by Crippen LogP contribution is 2.47. The van der Waals surface area contributed by atoms with Crippen molar-refractivity contribution in [3.8, 4) is 28.1 Å². The Balaban J connectivity index is 1.82. The van der Waals surface area contributed by atoms with Crippen LogP contribution in [0, 0.1) is 6.92 Å². The molecule has 0 amide bonds. The molecule has 0 spiro atoms. The molecule has 3 aromatic carbocycles. The molecule has 0 saturated heterocycles. The van der Waals surface area contributed by atoms with Gasteiger partial charge in [0.05, 0.1) is 5.69 Å². The van der Waals surface area contributed by atoms with E-state index < -0.39 is 0 Å². The van der Waals surface area contributed by atoms with Gasteiger partial charge in [-0.3, -0.25) is 0 Å². The van der Waals surface area contributed by atoms with Gasteiger partial charge >= 0.3 is 0 Å². The second kappa shape index (κ2) is 5.74. The summed E-state index contributed by atoms with van der Waals surface area (Å²) in [7, 11) is 0. The van der Waals surface area contributed by atoms with Gasteiger partial charge < -0.3 is 4.57 Å². The number of hydrogen-bond donors (Lipinski definition) is 0. The average Bonchev–Trinajstić information content (AvgIpc) is 3.21. The van der Waals surface area contributed by atoms with E-state index in [0.29, 0.717) is 5.92 Å². The van der Waals surface area contributed by atoms with Crippen LogP contribution in [0.1, 0.15) is 29.7 Å². The molecule has 0 N–H and O–H groups in total. The third-order valence-corrected chi connectivity index (χ3v) is 5.53. The molecule has 0 bridgehead atoms. The van der Waals surface area contributed by atoms with Crippen molar-refractivity contribution >= 4 is 0 Å². The highest BCUT2D eigenvalue weighted by molar-refractivity contribution is 5.81. The Morgan fingerprint density at radius 2 is 1.42 bits per heavy atom. The minimum absolute atomic E-state index is 0.389. The summed E-state index contributed by atoms with van der Waals surface area (Å²) in [5.74, 6) is 0.389. The molecule has 5 rings (SSSR count). The van der Waals surface area contributed by atoms with Crippen molar-refractivity contribution < 1.29 is 0 Å². The van der Waals surface area contributed by atoms with E-state index in [1.54, 1.807) is 0 Å². The van der Waals surface area contributed by atoms with Crippen LogP contribution in [0.2, 0.25) is 0 Å². The number of nitrogens with zero attached hydrogens (tertiary/aromatic N) is 1. The highest BCUT2D eigenvalue weighted by atomic mass is 15.0. The lowest BCUT2D eigenvalue weighted by Gasteiger charge is -2.09. The third kappa shape index (κ3) is 2.17. The van der Waals surface area contributed by atoms with Gasteiger partial charge in [0.15, 0.2) is 0 Å². The summed E-state index contributed by atoms with van der Waals surface area (Å²) >= 11 is 0. The number of aromatic nitrogens is 1. The van der Waals surface area contributed by atoms with E-state index in [1.165, 1.54) is 44.9 Å². The Kier molecular flexibility index (Phi) is 3.36. The second-order valence-electron chi connectivity index (χ2n) is 7.18. The number of fused-ring (bicyclic) bond motifs is 3. The quantitative estimate of drug-likeness (QED) is 0.390. The summed E-state index contributed by atoms with van der Waals surface area (Å²) in [6, 6.07) is 30.8. The molecule has 26 heavy (non-hydrogen) atoms. The van der Waals surface area contributed by atoms with Crippen molar-refractivity contribution in [3.05, 3.63) is 102 Å². The largest absolute Gasteiger partial charge is 0.312 e. The number of aryl methyl sites for hydroxylation is 1. The summed E-state index contributed by atoms with van der Waals surface area (Å²) in [6.45, 7) is 4.46. The van der Waals surface area contributed by atoms with Crippen LogP contribution in [0.3, 0.4) is 0 Å². The maximum Gasteiger partial charge on any atom is 0.0538 e. The number of rotatable bonds is 2. The molecule has 1 nitrogen and oxygen atoms in total. The first kappa shape index (κ1) is 15.2. The Labute approximate surface area is 154 Å². The molecule has 126 valence electrons. The highest BCUT2D eigenvalue weighted by Gasteiger charge is 2.31. The lowest BCUT2D eigenvalue weighted by molar-refractivity contribution is 0.913. The summed E-state index contributed by atoms with van der Waals surface area (Å²) in [5, 5.41) is 0. The van der Waals surface area contributed by atoms with Gasteiger partial charge in [-0.05, 0) is 35.7 Å². The van der Waals surface area contributed by atoms with E-state index in [2.05, 4.69) is 103 Å². The average molecular weight is 335 g/mol. The molecule has 1 aliphatic rings. The Morgan fingerprint density at radius 1 is 0.731 bits per heavy atom. The molecule has 0 aliphatic carbocycles. The Hall–Kier alpha value is -3.06. The van der Waals surface area contributed by atoms with Crippen molar-refractivity contribution in [1.82, 2.24) is 4.57 Å². The fourth-order valence-electron chi connectivity index (χ4n) is 4.20. The summed E-state index contributed by atoms with van der Waals surface area (Å²) in [5.41, 5.74) is 10.6. The van der Waals surface area contributed by atoms with E-state index in [1.807, 2.05) is 0 Å². The molecule has 1 aromatic heterocycles. The minimum Gasteiger partial charge on any atom is -0.312 e. The number of hydrogen-bond acceptors (Lipinski definition) is 0. The van der Waals surface area contributed by atoms with E-state index in [4.69, 9.17) is 0 Å². The maximum atomic E-state index is 2.46. The van der Waals surface area contributed by atoms with Crippen molar-refractivity contribution in [2.45, 2.75) is 19.8 Å². The standard InChI is InChI=1S/C25H21N/c1-17-12-14-19(15-13-17)22-16-24(20-8-4-3-5-9-20)26-23-11-7-6-10-21(23)18(2)25(22)26/h3-16,18H,1-2H3. The molecule has 0 saturated carbocycles. The van der Waals surface area contributed by atoms with Gasteiger partial charge in [0.2, 0.25) is 0 Å². The van der Waals surface area contributed by atoms with E-state index >= 15 is 0 Å². The van der Waals surface area contributed by atoms with Crippen LogP contribution < -0.4 is 0 Å². The molecule has 0 radical (unpaired) electrons. The van der Waals surface area contributed by atoms with Crippen molar-refractivity contribution in [2.24, 2.45) is 0 Å². The zero-order chi connectivity index (χ0) is 17.7. The van der Waals surface area contributed by atoms with Crippen LogP contribution in [-0.4, -0.2) is 4.57 Å². The van der Waals surface area contributed by atoms with Crippen LogP contribution in [0.25, 0.3) is 28.1 Å². The molecule has 1 atom stereocenters. The van der Waals surface area contributed by atoms with Crippen molar-refractivity contribution in [2.75, 3.05) is 0 Å². The van der Waals surface area contributed by atoms with Gasteiger partial charge in [-0.2, -0.15) is 0 Å². The zero-order valence-corrected chi connectivity index (χ0v) is 15.1. The fourth-order valence-corrected chi connectivity index (χ4v) is 4.20. The van der Waals surface area contributed by atoms with Gasteiger partial charge in [0, 0.05) is 22.9 Å². The van der Waals surface area contributed by atoms with Crippen LogP contribution >= 0.6 is 0 Å². The molecule has 0 fully saturated rings. The van der Waals surface area contributed by atoms with Crippen LogP contribution in [-0.2, 0) is 0 Å². The van der Waals surface area contributed by atoms with Crippen molar-refractivity contribution in [3.63, 3.8) is 0 Å². The monoisotopic (exact) mass is 335 g/mol. The molecular formula is C25H21N. The van der Waals surface area contributed by atoms with E-state index in [-0.39, 0.29) is 0 Å². The van der Waals surface area contributed by atoms with Gasteiger partial charge in [-0.15, -0.1) is 0 Å². The number of para-hydroxylation sites is 1. The zero-order valence-electron chi connectivity index (χ0n) is 15.1. The van der Waals surface area contributed by atoms with Crippen LogP contribution in [0.4, 0.5) is 0 Å². The predicted molar refractivity (Wildman–Crippen MR) is 109 cm³/mol. The SMILES string of the molecule is Cc1ccc(-c2cc(-c3ccccc3)n3c2C(C)c2ccccc2-3)cc1. The molecular weight excluding hydrogens is 314 g/mol. The normalized spacial score (nSPS) is 14.9. The first-order valence-electron chi connectivity index (χ1n) is 9.21. The summed E-state index contributed by atoms with van der Waals surface area (Å²) in [4.78, 5) is 0. The molecule has 1 unspecified atom stereocenters. The lowest BCUT2D eigenvalue weighted by Crippen LogP contribution is -1.96. The van der Waals surface area contributed by atoms with E-state index in [9.17, 15) is 0 Å². The first-order chi connectivity index (χ1) is 12.7. The second-order valence-corrected chi connectivity index (χ2v) is 7.18. The van der Waals surface area contributed by atoms with Crippen molar-refractivity contribution in [1.29, 1.82) is 0 Å². The lowest BCUT2D eigenvalue weighted by atomic mass is 9.94. The topological polar surface area (TPSA) is 4.93 Å². The molecule has 2 heterocycles. The summed E-state index contributed by atoms with van der Waals surface area (Å²) < 4.78 is 2.46. The third-order valence-electron chi connectivity index (χ3n) is 5.53. The van der Waals surface area contributed by atoms with Gasteiger partial charge in [-0.1, -0.05) is 85.3 Å². The van der Waals surface area contributed by atoms with Crippen LogP contribution in [0.15, 0.2) is 84.9 Å². The van der Waals surface area contributed by atoms with Gasteiger partial charge in [-0.25, -0.2) is 0 Å². The molecule has 1 aliphatic heterocycles.